The summed E-state index contributed by atoms with van der Waals surface area (Å²) in [7, 11) is 0. The summed E-state index contributed by atoms with van der Waals surface area (Å²) in [4.78, 5) is 2.58. The summed E-state index contributed by atoms with van der Waals surface area (Å²) in [6.07, 6.45) is 2.22. The Hall–Kier alpha value is -1.31. The van der Waals surface area contributed by atoms with Crippen LogP contribution in [0.15, 0.2) is 54.6 Å². The summed E-state index contributed by atoms with van der Waals surface area (Å²) in [5.41, 5.74) is 2.74. The van der Waals surface area contributed by atoms with E-state index in [4.69, 9.17) is 11.6 Å². The molecule has 3 rings (SSSR count). The molecule has 21 heavy (non-hydrogen) atoms. The first-order valence-corrected chi connectivity index (χ1v) is 7.96. The monoisotopic (exact) mass is 298 g/mol. The van der Waals surface area contributed by atoms with Crippen LogP contribution >= 0.6 is 11.6 Å². The molecule has 2 aromatic rings. The lowest BCUT2D eigenvalue weighted by Crippen LogP contribution is -2.23. The summed E-state index contributed by atoms with van der Waals surface area (Å²) < 4.78 is 0. The smallest absolute Gasteiger partial charge is 0.0406 e. The highest BCUT2D eigenvalue weighted by molar-refractivity contribution is 6.30. The quantitative estimate of drug-likeness (QED) is 0.756. The number of rotatable bonds is 4. The number of benzene rings is 2. The topological polar surface area (TPSA) is 3.24 Å². The van der Waals surface area contributed by atoms with E-state index in [1.54, 1.807) is 0 Å². The normalized spacial score (nSPS) is 22.6. The van der Waals surface area contributed by atoms with Crippen molar-refractivity contribution in [2.24, 2.45) is 5.92 Å². The first kappa shape index (κ1) is 14.6. The zero-order valence-electron chi connectivity index (χ0n) is 12.2. The molecule has 0 bridgehead atoms. The average molecular weight is 299 g/mol. The van der Waals surface area contributed by atoms with E-state index in [9.17, 15) is 0 Å². The lowest BCUT2D eigenvalue weighted by atomic mass is 9.98. The zero-order chi connectivity index (χ0) is 14.7. The van der Waals surface area contributed by atoms with Gasteiger partial charge in [0, 0.05) is 24.2 Å². The highest BCUT2D eigenvalue weighted by Crippen LogP contribution is 2.37. The Labute approximate surface area is 132 Å². The van der Waals surface area contributed by atoms with Gasteiger partial charge in [0.25, 0.3) is 0 Å². The maximum Gasteiger partial charge on any atom is 0.0406 e. The van der Waals surface area contributed by atoms with Gasteiger partial charge in [-0.3, -0.25) is 4.90 Å². The van der Waals surface area contributed by atoms with Crippen molar-refractivity contribution >= 4 is 11.6 Å². The average Bonchev–Trinajstić information content (AvgIpc) is 2.93. The van der Waals surface area contributed by atoms with E-state index in [0.717, 1.165) is 24.5 Å². The summed E-state index contributed by atoms with van der Waals surface area (Å²) in [6, 6.07) is 19.5. The fourth-order valence-corrected chi connectivity index (χ4v) is 3.35. The molecule has 1 saturated heterocycles. The van der Waals surface area contributed by atoms with Crippen molar-refractivity contribution in [1.82, 2.24) is 4.90 Å². The fraction of sp³-hybridized carbons (Fsp3) is 0.316. The lowest BCUT2D eigenvalue weighted by Gasteiger charge is -2.25. The number of hydrogen-bond donors (Lipinski definition) is 0. The summed E-state index contributed by atoms with van der Waals surface area (Å²) in [5, 5.41) is 0.801. The van der Waals surface area contributed by atoms with Gasteiger partial charge >= 0.3 is 0 Å². The van der Waals surface area contributed by atoms with Crippen LogP contribution in [0, 0.1) is 12.8 Å². The molecule has 1 aliphatic heterocycles. The van der Waals surface area contributed by atoms with Gasteiger partial charge < -0.3 is 0 Å². The van der Waals surface area contributed by atoms with Crippen LogP contribution in [0.5, 0.6) is 0 Å². The summed E-state index contributed by atoms with van der Waals surface area (Å²) in [6.45, 7) is 6.21. The molecule has 109 valence electrons. The van der Waals surface area contributed by atoms with Crippen LogP contribution < -0.4 is 0 Å². The molecule has 1 aliphatic rings. The molecule has 1 heterocycles. The summed E-state index contributed by atoms with van der Waals surface area (Å²) >= 11 is 5.98. The Bertz CT molecular complexity index is 564. The molecule has 0 N–H and O–H groups in total. The fourth-order valence-electron chi connectivity index (χ4n) is 3.23. The maximum atomic E-state index is 5.98. The number of halogens is 1. The van der Waals surface area contributed by atoms with Crippen LogP contribution in [0.1, 0.15) is 30.0 Å². The van der Waals surface area contributed by atoms with Gasteiger partial charge in [-0.05, 0) is 42.0 Å². The molecular formula is C19H21ClN. The minimum absolute atomic E-state index is 0.508. The molecule has 1 fully saturated rings. The number of hydrogen-bond acceptors (Lipinski definition) is 1. The zero-order valence-corrected chi connectivity index (χ0v) is 13.0. The van der Waals surface area contributed by atoms with Crippen LogP contribution in [0.2, 0.25) is 5.02 Å². The molecule has 0 aliphatic carbocycles. The largest absolute Gasteiger partial charge is 0.292 e. The molecule has 0 saturated carbocycles. The molecule has 2 heteroatoms. The second-order valence-electron chi connectivity index (χ2n) is 5.87. The lowest BCUT2D eigenvalue weighted by molar-refractivity contribution is 0.244. The van der Waals surface area contributed by atoms with E-state index in [1.807, 2.05) is 12.1 Å². The molecule has 0 amide bonds. The van der Waals surface area contributed by atoms with E-state index in [2.05, 4.69) is 54.3 Å². The van der Waals surface area contributed by atoms with E-state index in [-0.39, 0.29) is 0 Å². The maximum absolute atomic E-state index is 5.98. The van der Waals surface area contributed by atoms with Crippen molar-refractivity contribution in [2.75, 3.05) is 6.54 Å². The third-order valence-corrected chi connectivity index (χ3v) is 4.63. The van der Waals surface area contributed by atoms with Gasteiger partial charge in [0.1, 0.15) is 0 Å². The third-order valence-electron chi connectivity index (χ3n) is 4.38. The molecule has 1 nitrogen and oxygen atoms in total. The van der Waals surface area contributed by atoms with Gasteiger partial charge in [-0.25, -0.2) is 0 Å². The van der Waals surface area contributed by atoms with Gasteiger partial charge in [-0.1, -0.05) is 61.0 Å². The van der Waals surface area contributed by atoms with Gasteiger partial charge in [0.2, 0.25) is 0 Å². The Morgan fingerprint density at radius 3 is 2.43 bits per heavy atom. The van der Waals surface area contributed by atoms with E-state index >= 15 is 0 Å². The van der Waals surface area contributed by atoms with Crippen LogP contribution in [0.25, 0.3) is 0 Å². The number of nitrogens with zero attached hydrogens (tertiary/aromatic N) is 1. The van der Waals surface area contributed by atoms with Gasteiger partial charge in [0.15, 0.2) is 0 Å². The molecule has 2 unspecified atom stereocenters. The van der Waals surface area contributed by atoms with Crippen molar-refractivity contribution in [3.05, 3.63) is 77.7 Å². The Morgan fingerprint density at radius 2 is 1.76 bits per heavy atom. The van der Waals surface area contributed by atoms with Crippen LogP contribution in [0.4, 0.5) is 0 Å². The van der Waals surface area contributed by atoms with Crippen molar-refractivity contribution in [1.29, 1.82) is 0 Å². The predicted molar refractivity (Wildman–Crippen MR) is 89.1 cm³/mol. The molecule has 2 atom stereocenters. The molecule has 1 radical (unpaired) electrons. The van der Waals surface area contributed by atoms with Crippen molar-refractivity contribution < 1.29 is 0 Å². The Balaban J connectivity index is 1.79. The number of likely N-dealkylation sites (tertiary alicyclic amines) is 1. The van der Waals surface area contributed by atoms with Crippen molar-refractivity contribution in [3.63, 3.8) is 0 Å². The van der Waals surface area contributed by atoms with Gasteiger partial charge in [0.05, 0.1) is 0 Å². The molecular weight excluding hydrogens is 278 g/mol. The van der Waals surface area contributed by atoms with Crippen molar-refractivity contribution in [2.45, 2.75) is 25.4 Å². The van der Waals surface area contributed by atoms with Crippen LogP contribution in [0.3, 0.4) is 0 Å². The second-order valence-corrected chi connectivity index (χ2v) is 6.31. The van der Waals surface area contributed by atoms with E-state index in [0.29, 0.717) is 12.0 Å². The van der Waals surface area contributed by atoms with E-state index < -0.39 is 0 Å². The second kappa shape index (κ2) is 6.64. The predicted octanol–water partition coefficient (Wildman–Crippen LogP) is 5.13. The van der Waals surface area contributed by atoms with Crippen molar-refractivity contribution in [3.8, 4) is 0 Å². The van der Waals surface area contributed by atoms with Gasteiger partial charge in [-0.15, -0.1) is 0 Å². The Morgan fingerprint density at radius 1 is 1.05 bits per heavy atom. The highest BCUT2D eigenvalue weighted by Gasteiger charge is 2.31. The van der Waals surface area contributed by atoms with Crippen LogP contribution in [-0.2, 0) is 6.54 Å². The minimum Gasteiger partial charge on any atom is -0.292 e. The SMILES string of the molecule is [CH2]CC1CC(c2ccccc2)N(Cc2ccc(Cl)cc2)C1. The van der Waals surface area contributed by atoms with Gasteiger partial charge in [-0.2, -0.15) is 0 Å². The molecule has 2 aromatic carbocycles. The highest BCUT2D eigenvalue weighted by atomic mass is 35.5. The minimum atomic E-state index is 0.508. The summed E-state index contributed by atoms with van der Waals surface area (Å²) in [5.74, 6) is 0.697. The first-order chi connectivity index (χ1) is 10.3. The standard InChI is InChI=1S/C19H21ClN/c1-2-15-12-19(17-6-4-3-5-7-17)21(13-15)14-16-8-10-18(20)11-9-16/h3-11,15,19H,1-2,12-14H2. The molecule has 0 spiro atoms. The van der Waals surface area contributed by atoms with E-state index in [1.165, 1.54) is 17.5 Å². The Kier molecular flexibility index (Phi) is 4.62. The van der Waals surface area contributed by atoms with Crippen LogP contribution in [-0.4, -0.2) is 11.4 Å². The first-order valence-electron chi connectivity index (χ1n) is 7.59. The molecule has 0 aromatic heterocycles. The third kappa shape index (κ3) is 3.48.